The molecule has 0 saturated carbocycles. The molecule has 80 valence electrons. The molecular formula is C9H9ClN2O3. The number of hydrogen-bond acceptors (Lipinski definition) is 4. The number of rotatable bonds is 2. The Hall–Kier alpha value is -1.46. The first-order valence-electron chi connectivity index (χ1n) is 4.23. The Morgan fingerprint density at radius 1 is 1.47 bits per heavy atom. The second-order valence-electron chi connectivity index (χ2n) is 3.12. The minimum atomic E-state index is -0.892. The molecule has 1 heterocycles. The third-order valence-corrected chi connectivity index (χ3v) is 2.40. The first-order valence-corrected chi connectivity index (χ1v) is 4.61. The number of carbonyl (C=O) groups is 1. The number of carbonyl (C=O) groups excluding carboxylic acids is 1. The van der Waals surface area contributed by atoms with Crippen LogP contribution < -0.4 is 20.9 Å². The largest absolute Gasteiger partial charge is 0.454 e. The first-order chi connectivity index (χ1) is 7.09. The number of ether oxygens (including phenoxy) is 2. The van der Waals surface area contributed by atoms with Crippen LogP contribution in [0.25, 0.3) is 0 Å². The van der Waals surface area contributed by atoms with Crippen molar-refractivity contribution in [2.24, 2.45) is 11.5 Å². The maximum absolute atomic E-state index is 10.9. The van der Waals surface area contributed by atoms with Gasteiger partial charge in [-0.1, -0.05) is 11.6 Å². The second kappa shape index (κ2) is 3.60. The number of primary amides is 1. The third kappa shape index (κ3) is 1.71. The molecule has 1 unspecified atom stereocenters. The quantitative estimate of drug-likeness (QED) is 0.774. The number of amides is 1. The average Bonchev–Trinajstić information content (AvgIpc) is 2.64. The summed E-state index contributed by atoms with van der Waals surface area (Å²) in [5, 5.41) is 0.358. The molecule has 0 radical (unpaired) electrons. The Morgan fingerprint density at radius 2 is 2.20 bits per heavy atom. The van der Waals surface area contributed by atoms with Crippen LogP contribution in [0.4, 0.5) is 0 Å². The van der Waals surface area contributed by atoms with Crippen molar-refractivity contribution in [3.63, 3.8) is 0 Å². The molecule has 1 atom stereocenters. The van der Waals surface area contributed by atoms with E-state index < -0.39 is 11.9 Å². The van der Waals surface area contributed by atoms with Crippen LogP contribution in [-0.4, -0.2) is 12.7 Å². The van der Waals surface area contributed by atoms with Gasteiger partial charge in [-0.15, -0.1) is 0 Å². The van der Waals surface area contributed by atoms with Crippen molar-refractivity contribution in [3.05, 3.63) is 22.7 Å². The minimum Gasteiger partial charge on any atom is -0.454 e. The van der Waals surface area contributed by atoms with Gasteiger partial charge >= 0.3 is 0 Å². The lowest BCUT2D eigenvalue weighted by Gasteiger charge is -2.09. The zero-order valence-corrected chi connectivity index (χ0v) is 8.45. The van der Waals surface area contributed by atoms with Gasteiger partial charge < -0.3 is 20.9 Å². The molecule has 2 rings (SSSR count). The summed E-state index contributed by atoms with van der Waals surface area (Å²) in [6, 6.07) is 2.26. The molecule has 0 bridgehead atoms. The standard InChI is InChI=1S/C9H9ClN2O3/c10-5-1-4(7(11)9(12)13)2-6-8(5)15-3-14-6/h1-2,7H,3,11H2,(H2,12,13). The Labute approximate surface area is 90.9 Å². The molecule has 1 aromatic carbocycles. The summed E-state index contributed by atoms with van der Waals surface area (Å²) < 4.78 is 10.2. The predicted molar refractivity (Wildman–Crippen MR) is 53.7 cm³/mol. The molecule has 4 N–H and O–H groups in total. The first kappa shape index (κ1) is 10.1. The van der Waals surface area contributed by atoms with Crippen molar-refractivity contribution in [2.45, 2.75) is 6.04 Å². The van der Waals surface area contributed by atoms with Crippen molar-refractivity contribution >= 4 is 17.5 Å². The Morgan fingerprint density at radius 3 is 2.87 bits per heavy atom. The number of hydrogen-bond donors (Lipinski definition) is 2. The Bertz CT molecular complexity index is 422. The van der Waals surface area contributed by atoms with E-state index in [9.17, 15) is 4.79 Å². The van der Waals surface area contributed by atoms with Gasteiger partial charge in [-0.2, -0.15) is 0 Å². The maximum atomic E-state index is 10.9. The molecule has 1 aromatic rings. The van der Waals surface area contributed by atoms with Gasteiger partial charge in [0.2, 0.25) is 12.7 Å². The van der Waals surface area contributed by atoms with Crippen LogP contribution in [0.5, 0.6) is 11.5 Å². The van der Waals surface area contributed by atoms with Gasteiger partial charge in [-0.05, 0) is 17.7 Å². The highest BCUT2D eigenvalue weighted by Crippen LogP contribution is 2.40. The van der Waals surface area contributed by atoms with E-state index in [1.54, 1.807) is 12.1 Å². The fourth-order valence-corrected chi connectivity index (χ4v) is 1.60. The van der Waals surface area contributed by atoms with Gasteiger partial charge in [-0.3, -0.25) is 4.79 Å². The molecule has 1 aliphatic rings. The van der Waals surface area contributed by atoms with Crippen LogP contribution >= 0.6 is 11.6 Å². The monoisotopic (exact) mass is 228 g/mol. The minimum absolute atomic E-state index is 0.115. The van der Waals surface area contributed by atoms with E-state index in [-0.39, 0.29) is 6.79 Å². The molecular weight excluding hydrogens is 220 g/mol. The molecule has 0 saturated heterocycles. The summed E-state index contributed by atoms with van der Waals surface area (Å²) in [4.78, 5) is 10.9. The lowest BCUT2D eigenvalue weighted by Crippen LogP contribution is -2.28. The van der Waals surface area contributed by atoms with E-state index in [2.05, 4.69) is 0 Å². The van der Waals surface area contributed by atoms with Crippen LogP contribution in [-0.2, 0) is 4.79 Å². The molecule has 0 spiro atoms. The van der Waals surface area contributed by atoms with E-state index in [0.717, 1.165) is 0 Å². The zero-order chi connectivity index (χ0) is 11.0. The van der Waals surface area contributed by atoms with Crippen LogP contribution in [0.1, 0.15) is 11.6 Å². The topological polar surface area (TPSA) is 87.6 Å². The molecule has 0 aromatic heterocycles. The molecule has 0 aliphatic carbocycles. The third-order valence-electron chi connectivity index (χ3n) is 2.12. The fraction of sp³-hybridized carbons (Fsp3) is 0.222. The van der Waals surface area contributed by atoms with E-state index >= 15 is 0 Å². The highest BCUT2D eigenvalue weighted by atomic mass is 35.5. The summed E-state index contributed by atoms with van der Waals surface area (Å²) in [5.74, 6) is 0.330. The highest BCUT2D eigenvalue weighted by molar-refractivity contribution is 6.32. The number of nitrogens with two attached hydrogens (primary N) is 2. The Balaban J connectivity index is 2.43. The van der Waals surface area contributed by atoms with Gasteiger partial charge in [0.25, 0.3) is 0 Å². The van der Waals surface area contributed by atoms with Crippen molar-refractivity contribution in [1.29, 1.82) is 0 Å². The van der Waals surface area contributed by atoms with Crippen molar-refractivity contribution < 1.29 is 14.3 Å². The molecule has 1 amide bonds. The molecule has 1 aliphatic heterocycles. The maximum Gasteiger partial charge on any atom is 0.238 e. The zero-order valence-electron chi connectivity index (χ0n) is 7.70. The van der Waals surface area contributed by atoms with Crippen LogP contribution in [0, 0.1) is 0 Å². The lowest BCUT2D eigenvalue weighted by molar-refractivity contribution is -0.119. The van der Waals surface area contributed by atoms with Gasteiger partial charge in [0.15, 0.2) is 11.5 Å². The van der Waals surface area contributed by atoms with Crippen LogP contribution in [0.3, 0.4) is 0 Å². The van der Waals surface area contributed by atoms with Gasteiger partial charge in [-0.25, -0.2) is 0 Å². The van der Waals surface area contributed by atoms with Gasteiger partial charge in [0.1, 0.15) is 6.04 Å². The normalized spacial score (nSPS) is 15.1. The average molecular weight is 229 g/mol. The Kier molecular flexibility index (Phi) is 2.42. The van der Waals surface area contributed by atoms with Crippen molar-refractivity contribution in [1.82, 2.24) is 0 Å². The van der Waals surface area contributed by atoms with Crippen molar-refractivity contribution in [2.75, 3.05) is 6.79 Å². The summed E-state index contributed by atoms with van der Waals surface area (Å²) in [7, 11) is 0. The van der Waals surface area contributed by atoms with Gasteiger partial charge in [0, 0.05) is 0 Å². The number of halogens is 1. The predicted octanol–water partition coefficient (Wildman–Crippen LogP) is 0.554. The van der Waals surface area contributed by atoms with E-state index in [4.69, 9.17) is 32.5 Å². The fourth-order valence-electron chi connectivity index (χ4n) is 1.33. The SMILES string of the molecule is NC(=O)C(N)c1cc(Cl)c2c(c1)OCO2. The van der Waals surface area contributed by atoms with Crippen LogP contribution in [0.2, 0.25) is 5.02 Å². The summed E-state index contributed by atoms with van der Waals surface area (Å²) >= 11 is 5.91. The molecule has 6 heteroatoms. The van der Waals surface area contributed by atoms with E-state index in [1.165, 1.54) is 0 Å². The second-order valence-corrected chi connectivity index (χ2v) is 3.52. The van der Waals surface area contributed by atoms with Crippen molar-refractivity contribution in [3.8, 4) is 11.5 Å². The van der Waals surface area contributed by atoms with E-state index in [0.29, 0.717) is 22.1 Å². The number of benzene rings is 1. The molecule has 5 nitrogen and oxygen atoms in total. The van der Waals surface area contributed by atoms with Gasteiger partial charge in [0.05, 0.1) is 5.02 Å². The summed E-state index contributed by atoms with van der Waals surface area (Å²) in [6.45, 7) is 0.115. The molecule has 0 fully saturated rings. The molecule has 15 heavy (non-hydrogen) atoms. The highest BCUT2D eigenvalue weighted by Gasteiger charge is 2.22. The number of fused-ring (bicyclic) bond motifs is 1. The van der Waals surface area contributed by atoms with E-state index in [1.807, 2.05) is 0 Å². The lowest BCUT2D eigenvalue weighted by atomic mass is 10.1. The smallest absolute Gasteiger partial charge is 0.238 e. The summed E-state index contributed by atoms with van der Waals surface area (Å²) in [5.41, 5.74) is 11.2. The van der Waals surface area contributed by atoms with Crippen LogP contribution in [0.15, 0.2) is 12.1 Å². The summed E-state index contributed by atoms with van der Waals surface area (Å²) in [6.07, 6.45) is 0.